The molecule has 1 aliphatic heterocycles. The molecule has 6 heteroatoms. The Labute approximate surface area is 196 Å². The lowest BCUT2D eigenvalue weighted by Gasteiger charge is -2.34. The van der Waals surface area contributed by atoms with E-state index in [1.807, 2.05) is 65.6 Å². The van der Waals surface area contributed by atoms with Crippen LogP contribution in [0, 0.1) is 0 Å². The zero-order valence-corrected chi connectivity index (χ0v) is 19.5. The molecule has 1 fully saturated rings. The Kier molecular flexibility index (Phi) is 7.28. The second kappa shape index (κ2) is 10.3. The van der Waals surface area contributed by atoms with Crippen LogP contribution in [0.3, 0.4) is 0 Å². The highest BCUT2D eigenvalue weighted by Gasteiger charge is 2.22. The van der Waals surface area contributed by atoms with Crippen LogP contribution in [0.15, 0.2) is 77.3 Å². The van der Waals surface area contributed by atoms with Crippen molar-refractivity contribution in [2.45, 2.75) is 13.2 Å². The zero-order valence-electron chi connectivity index (χ0n) is 17.1. The van der Waals surface area contributed by atoms with Gasteiger partial charge in [-0.2, -0.15) is 0 Å². The van der Waals surface area contributed by atoms with Crippen molar-refractivity contribution < 1.29 is 9.53 Å². The van der Waals surface area contributed by atoms with E-state index in [9.17, 15) is 4.79 Å². The molecule has 0 aliphatic carbocycles. The van der Waals surface area contributed by atoms with E-state index in [1.165, 1.54) is 5.56 Å². The molecule has 1 heterocycles. The van der Waals surface area contributed by atoms with E-state index < -0.39 is 0 Å². The SMILES string of the molecule is O=C(c1cccc(COc2ccccc2Br)c1)N1CCN(Cc2ccc(Cl)cc2)CC1. The van der Waals surface area contributed by atoms with Crippen LogP contribution in [0.5, 0.6) is 5.75 Å². The van der Waals surface area contributed by atoms with Gasteiger partial charge in [0.25, 0.3) is 5.91 Å². The normalized spacial score (nSPS) is 14.5. The lowest BCUT2D eigenvalue weighted by molar-refractivity contribution is 0.0628. The highest BCUT2D eigenvalue weighted by molar-refractivity contribution is 9.10. The Morgan fingerprint density at radius 2 is 1.65 bits per heavy atom. The molecule has 1 aliphatic rings. The third kappa shape index (κ3) is 5.88. The van der Waals surface area contributed by atoms with Crippen molar-refractivity contribution in [3.63, 3.8) is 0 Å². The average Bonchev–Trinajstić information content (AvgIpc) is 2.80. The van der Waals surface area contributed by atoms with Crippen molar-refractivity contribution in [1.82, 2.24) is 9.80 Å². The van der Waals surface area contributed by atoms with Crippen LogP contribution in [0.4, 0.5) is 0 Å². The molecule has 1 saturated heterocycles. The summed E-state index contributed by atoms with van der Waals surface area (Å²) in [4.78, 5) is 17.3. The number of amides is 1. The summed E-state index contributed by atoms with van der Waals surface area (Å²) in [6, 6.07) is 23.4. The summed E-state index contributed by atoms with van der Waals surface area (Å²) in [5, 5.41) is 0.753. The molecule has 3 aromatic rings. The minimum absolute atomic E-state index is 0.0777. The highest BCUT2D eigenvalue weighted by Crippen LogP contribution is 2.25. The van der Waals surface area contributed by atoms with Crippen LogP contribution in [-0.4, -0.2) is 41.9 Å². The Bertz CT molecular complexity index is 1030. The van der Waals surface area contributed by atoms with Gasteiger partial charge < -0.3 is 9.64 Å². The van der Waals surface area contributed by atoms with Gasteiger partial charge in [0.15, 0.2) is 0 Å². The first-order chi connectivity index (χ1) is 15.1. The lowest BCUT2D eigenvalue weighted by Crippen LogP contribution is -2.48. The molecule has 31 heavy (non-hydrogen) atoms. The quantitative estimate of drug-likeness (QED) is 0.440. The van der Waals surface area contributed by atoms with E-state index in [4.69, 9.17) is 16.3 Å². The zero-order chi connectivity index (χ0) is 21.6. The van der Waals surface area contributed by atoms with E-state index in [0.717, 1.165) is 53.5 Å². The predicted octanol–water partition coefficient (Wildman–Crippen LogP) is 5.64. The van der Waals surface area contributed by atoms with Gasteiger partial charge in [-0.3, -0.25) is 9.69 Å². The Morgan fingerprint density at radius 3 is 2.39 bits per heavy atom. The molecule has 160 valence electrons. The van der Waals surface area contributed by atoms with Crippen molar-refractivity contribution in [2.75, 3.05) is 26.2 Å². The second-order valence-electron chi connectivity index (χ2n) is 7.61. The van der Waals surface area contributed by atoms with Crippen LogP contribution in [-0.2, 0) is 13.2 Å². The first-order valence-corrected chi connectivity index (χ1v) is 11.5. The molecule has 3 aromatic carbocycles. The number of para-hydroxylation sites is 1. The number of rotatable bonds is 6. The standard InChI is InChI=1S/C25H24BrClN2O2/c26-23-6-1-2-7-24(23)31-18-20-4-3-5-21(16-20)25(30)29-14-12-28(13-15-29)17-19-8-10-22(27)11-9-19/h1-11,16H,12-15,17-18H2. The maximum atomic E-state index is 13.0. The van der Waals surface area contributed by atoms with E-state index >= 15 is 0 Å². The maximum absolute atomic E-state index is 13.0. The van der Waals surface area contributed by atoms with Gasteiger partial charge in [0, 0.05) is 43.3 Å². The van der Waals surface area contributed by atoms with E-state index in [0.29, 0.717) is 12.2 Å². The summed E-state index contributed by atoms with van der Waals surface area (Å²) >= 11 is 9.46. The molecule has 0 unspecified atom stereocenters. The number of carbonyl (C=O) groups excluding carboxylic acids is 1. The number of nitrogens with zero attached hydrogens (tertiary/aromatic N) is 2. The fourth-order valence-corrected chi connectivity index (χ4v) is 4.18. The minimum Gasteiger partial charge on any atom is -0.488 e. The van der Waals surface area contributed by atoms with Gasteiger partial charge in [-0.15, -0.1) is 0 Å². The summed E-state index contributed by atoms with van der Waals surface area (Å²) in [7, 11) is 0. The van der Waals surface area contributed by atoms with Crippen LogP contribution < -0.4 is 4.74 Å². The molecule has 0 bridgehead atoms. The van der Waals surface area contributed by atoms with Crippen LogP contribution >= 0.6 is 27.5 Å². The van der Waals surface area contributed by atoms with Crippen LogP contribution in [0.25, 0.3) is 0 Å². The van der Waals surface area contributed by atoms with E-state index in [2.05, 4.69) is 33.0 Å². The summed E-state index contributed by atoms with van der Waals surface area (Å²) in [6.07, 6.45) is 0. The predicted molar refractivity (Wildman–Crippen MR) is 128 cm³/mol. The third-order valence-electron chi connectivity index (χ3n) is 5.38. The highest BCUT2D eigenvalue weighted by atomic mass is 79.9. The number of benzene rings is 3. The van der Waals surface area contributed by atoms with Crippen molar-refractivity contribution in [2.24, 2.45) is 0 Å². The number of carbonyl (C=O) groups is 1. The Hall–Kier alpha value is -2.34. The van der Waals surface area contributed by atoms with Gasteiger partial charge in [0.05, 0.1) is 4.47 Å². The third-order valence-corrected chi connectivity index (χ3v) is 6.29. The smallest absolute Gasteiger partial charge is 0.253 e. The van der Waals surface area contributed by atoms with Gasteiger partial charge >= 0.3 is 0 Å². The van der Waals surface area contributed by atoms with Gasteiger partial charge in [0.1, 0.15) is 12.4 Å². The fraction of sp³-hybridized carbons (Fsp3) is 0.240. The van der Waals surface area contributed by atoms with Gasteiger partial charge in [-0.1, -0.05) is 48.0 Å². The van der Waals surface area contributed by atoms with Gasteiger partial charge in [0.2, 0.25) is 0 Å². The lowest BCUT2D eigenvalue weighted by atomic mass is 10.1. The molecular formula is C25H24BrClN2O2. The number of hydrogen-bond acceptors (Lipinski definition) is 3. The fourth-order valence-electron chi connectivity index (χ4n) is 3.66. The van der Waals surface area contributed by atoms with Crippen molar-refractivity contribution in [1.29, 1.82) is 0 Å². The summed E-state index contributed by atoms with van der Waals surface area (Å²) in [6.45, 7) is 4.46. The summed E-state index contributed by atoms with van der Waals surface area (Å²) < 4.78 is 6.81. The number of ether oxygens (including phenoxy) is 1. The minimum atomic E-state index is 0.0777. The molecule has 4 nitrogen and oxygen atoms in total. The molecule has 0 radical (unpaired) electrons. The van der Waals surface area contributed by atoms with E-state index in [-0.39, 0.29) is 5.91 Å². The summed E-state index contributed by atoms with van der Waals surface area (Å²) in [5.41, 5.74) is 2.92. The number of hydrogen-bond donors (Lipinski definition) is 0. The number of halogens is 2. The Balaban J connectivity index is 1.32. The van der Waals surface area contributed by atoms with Crippen LogP contribution in [0.2, 0.25) is 5.02 Å². The molecule has 0 aromatic heterocycles. The van der Waals surface area contributed by atoms with Gasteiger partial charge in [-0.05, 0) is 63.5 Å². The first kappa shape index (κ1) is 21.9. The van der Waals surface area contributed by atoms with E-state index in [1.54, 1.807) is 0 Å². The largest absolute Gasteiger partial charge is 0.488 e. The van der Waals surface area contributed by atoms with Crippen LogP contribution in [0.1, 0.15) is 21.5 Å². The summed E-state index contributed by atoms with van der Waals surface area (Å²) in [5.74, 6) is 0.866. The molecule has 0 spiro atoms. The molecule has 0 N–H and O–H groups in total. The topological polar surface area (TPSA) is 32.8 Å². The first-order valence-electron chi connectivity index (χ1n) is 10.3. The number of piperazine rings is 1. The average molecular weight is 500 g/mol. The van der Waals surface area contributed by atoms with Gasteiger partial charge in [-0.25, -0.2) is 0 Å². The molecular weight excluding hydrogens is 476 g/mol. The van der Waals surface area contributed by atoms with Crippen molar-refractivity contribution in [3.05, 3.63) is 99.0 Å². The monoisotopic (exact) mass is 498 g/mol. The molecule has 4 rings (SSSR count). The molecule has 0 atom stereocenters. The van der Waals surface area contributed by atoms with Crippen molar-refractivity contribution in [3.8, 4) is 5.75 Å². The Morgan fingerprint density at radius 1 is 0.903 bits per heavy atom. The molecule has 1 amide bonds. The maximum Gasteiger partial charge on any atom is 0.253 e. The van der Waals surface area contributed by atoms with Crippen molar-refractivity contribution >= 4 is 33.4 Å². The molecule has 0 saturated carbocycles. The second-order valence-corrected chi connectivity index (χ2v) is 8.91.